The van der Waals surface area contributed by atoms with Crippen molar-refractivity contribution >= 4 is 33.5 Å². The molecule has 0 aliphatic carbocycles. The number of guanidine groups is 1. The maximum Gasteiger partial charge on any atom is 0.205 e. The van der Waals surface area contributed by atoms with E-state index in [1.54, 1.807) is 0 Å². The highest BCUT2D eigenvalue weighted by Gasteiger charge is 2.22. The smallest absolute Gasteiger partial charge is 0.205 e. The molecule has 0 amide bonds. The largest absolute Gasteiger partial charge is 0.358 e. The summed E-state index contributed by atoms with van der Waals surface area (Å²) in [6, 6.07) is 8.51. The Bertz CT molecular complexity index is 982. The third kappa shape index (κ3) is 4.22. The highest BCUT2D eigenvalue weighted by molar-refractivity contribution is 7.09. The molecule has 0 saturated carbocycles. The van der Waals surface area contributed by atoms with E-state index in [1.807, 2.05) is 7.05 Å². The van der Waals surface area contributed by atoms with Gasteiger partial charge in [0, 0.05) is 74.3 Å². The highest BCUT2D eigenvalue weighted by atomic mass is 32.1. The minimum absolute atomic E-state index is 0.867. The summed E-state index contributed by atoms with van der Waals surface area (Å²) in [6.45, 7) is 8.88. The highest BCUT2D eigenvalue weighted by Crippen LogP contribution is 2.22. The average Bonchev–Trinajstić information content (AvgIpc) is 3.36. The van der Waals surface area contributed by atoms with E-state index in [0.717, 1.165) is 62.5 Å². The second kappa shape index (κ2) is 8.82. The van der Waals surface area contributed by atoms with Crippen molar-refractivity contribution in [2.75, 3.05) is 44.7 Å². The molecule has 0 spiro atoms. The van der Waals surface area contributed by atoms with Crippen LogP contribution in [0.25, 0.3) is 10.9 Å². The Labute approximate surface area is 176 Å². The molecule has 2 N–H and O–H groups in total. The van der Waals surface area contributed by atoms with Gasteiger partial charge >= 0.3 is 0 Å². The van der Waals surface area contributed by atoms with Crippen molar-refractivity contribution < 1.29 is 0 Å². The zero-order valence-electron chi connectivity index (χ0n) is 17.4. The van der Waals surface area contributed by atoms with E-state index in [2.05, 4.69) is 72.6 Å². The summed E-state index contributed by atoms with van der Waals surface area (Å²) in [5.41, 5.74) is 3.85. The molecular weight excluding hydrogens is 382 g/mol. The fourth-order valence-corrected chi connectivity index (χ4v) is 4.72. The Morgan fingerprint density at radius 2 is 2.03 bits per heavy atom. The number of para-hydroxylation sites is 1. The fraction of sp³-hybridized carbons (Fsp3) is 0.476. The number of hydrogen-bond acceptors (Lipinski definition) is 5. The number of nitrogens with zero attached hydrogens (tertiary/aromatic N) is 5. The zero-order valence-corrected chi connectivity index (χ0v) is 18.2. The van der Waals surface area contributed by atoms with Gasteiger partial charge in [-0.3, -0.25) is 4.99 Å². The molecule has 2 aromatic heterocycles. The lowest BCUT2D eigenvalue weighted by Crippen LogP contribution is -2.52. The van der Waals surface area contributed by atoms with Gasteiger partial charge in [-0.15, -0.1) is 0 Å². The predicted molar refractivity (Wildman–Crippen MR) is 121 cm³/mol. The van der Waals surface area contributed by atoms with Gasteiger partial charge in [-0.05, 0) is 25.0 Å². The van der Waals surface area contributed by atoms with Crippen molar-refractivity contribution in [3.8, 4) is 0 Å². The second-order valence-electron chi connectivity index (χ2n) is 7.32. The van der Waals surface area contributed by atoms with Crippen LogP contribution in [0, 0.1) is 6.92 Å². The Morgan fingerprint density at radius 1 is 1.24 bits per heavy atom. The lowest BCUT2D eigenvalue weighted by atomic mass is 10.1. The monoisotopic (exact) mass is 411 g/mol. The maximum absolute atomic E-state index is 4.62. The number of aromatic nitrogens is 3. The van der Waals surface area contributed by atoms with E-state index in [9.17, 15) is 0 Å². The minimum atomic E-state index is 0.867. The molecule has 0 atom stereocenters. The summed E-state index contributed by atoms with van der Waals surface area (Å²) < 4.78 is 4.41. The summed E-state index contributed by atoms with van der Waals surface area (Å²) >= 11 is 1.51. The zero-order chi connectivity index (χ0) is 20.2. The average molecular weight is 412 g/mol. The van der Waals surface area contributed by atoms with E-state index in [1.165, 1.54) is 33.7 Å². The van der Waals surface area contributed by atoms with Crippen LogP contribution in [0.5, 0.6) is 0 Å². The molecule has 0 unspecified atom stereocenters. The number of hydrogen-bond donors (Lipinski definition) is 2. The molecule has 1 aliphatic heterocycles. The van der Waals surface area contributed by atoms with Crippen molar-refractivity contribution in [1.82, 2.24) is 24.6 Å². The number of aromatic amines is 1. The van der Waals surface area contributed by atoms with Gasteiger partial charge in [-0.1, -0.05) is 25.1 Å². The molecule has 154 valence electrons. The predicted octanol–water partition coefficient (Wildman–Crippen LogP) is 2.83. The van der Waals surface area contributed by atoms with Crippen LogP contribution in [-0.2, 0) is 12.8 Å². The summed E-state index contributed by atoms with van der Waals surface area (Å²) in [4.78, 5) is 17.3. The topological polar surface area (TPSA) is 72.4 Å². The second-order valence-corrected chi connectivity index (χ2v) is 8.05. The van der Waals surface area contributed by atoms with E-state index in [0.29, 0.717) is 0 Å². The molecule has 29 heavy (non-hydrogen) atoms. The van der Waals surface area contributed by atoms with Crippen molar-refractivity contribution in [1.29, 1.82) is 0 Å². The Kier molecular flexibility index (Phi) is 5.99. The first-order valence-electron chi connectivity index (χ1n) is 10.3. The summed E-state index contributed by atoms with van der Waals surface area (Å²) in [5.74, 6) is 1.92. The summed E-state index contributed by atoms with van der Waals surface area (Å²) in [5, 5.41) is 5.91. The van der Waals surface area contributed by atoms with Crippen LogP contribution < -0.4 is 10.2 Å². The molecule has 3 aromatic rings. The van der Waals surface area contributed by atoms with Gasteiger partial charge < -0.3 is 20.1 Å². The quantitative estimate of drug-likeness (QED) is 0.499. The Hall–Kier alpha value is -2.61. The van der Waals surface area contributed by atoms with Crippen LogP contribution in [0.4, 0.5) is 5.13 Å². The number of piperazine rings is 1. The molecule has 0 bridgehead atoms. The molecule has 1 saturated heterocycles. The molecule has 4 rings (SSSR count). The van der Waals surface area contributed by atoms with Crippen molar-refractivity contribution in [3.05, 3.63) is 41.3 Å². The van der Waals surface area contributed by atoms with Crippen molar-refractivity contribution in [2.45, 2.75) is 26.7 Å². The first-order valence-corrected chi connectivity index (χ1v) is 11.1. The maximum atomic E-state index is 4.62. The van der Waals surface area contributed by atoms with Gasteiger partial charge in [0.25, 0.3) is 0 Å². The van der Waals surface area contributed by atoms with Gasteiger partial charge in [0.15, 0.2) is 5.96 Å². The van der Waals surface area contributed by atoms with E-state index in [-0.39, 0.29) is 0 Å². The number of anilines is 1. The van der Waals surface area contributed by atoms with E-state index in [4.69, 9.17) is 0 Å². The number of H-pyrrole nitrogens is 1. The van der Waals surface area contributed by atoms with Gasteiger partial charge in [0.2, 0.25) is 5.13 Å². The number of fused-ring (bicyclic) bond motifs is 1. The Balaban J connectivity index is 1.31. The number of aliphatic imine (C=N–C) groups is 1. The lowest BCUT2D eigenvalue weighted by Gasteiger charge is -2.36. The fourth-order valence-electron chi connectivity index (χ4n) is 3.91. The molecule has 1 aromatic carbocycles. The number of aryl methyl sites for hydroxylation is 2. The number of rotatable bonds is 5. The Morgan fingerprint density at radius 3 is 2.76 bits per heavy atom. The number of benzene rings is 1. The molecule has 7 nitrogen and oxygen atoms in total. The van der Waals surface area contributed by atoms with Gasteiger partial charge in [0.05, 0.1) is 0 Å². The van der Waals surface area contributed by atoms with Gasteiger partial charge in [-0.2, -0.15) is 4.37 Å². The van der Waals surface area contributed by atoms with Crippen LogP contribution in [0.2, 0.25) is 0 Å². The molecule has 1 aliphatic rings. The van der Waals surface area contributed by atoms with Crippen LogP contribution in [0.3, 0.4) is 0 Å². The van der Waals surface area contributed by atoms with Crippen molar-refractivity contribution in [3.63, 3.8) is 0 Å². The SMILES string of the molecule is CCc1nsc(N2CCN(C(=NC)NCCc3c(C)[nH]c4ccccc34)CC2)n1. The van der Waals surface area contributed by atoms with Crippen LogP contribution in [0.1, 0.15) is 24.0 Å². The van der Waals surface area contributed by atoms with Crippen LogP contribution in [-0.4, -0.2) is 65.0 Å². The van der Waals surface area contributed by atoms with Gasteiger partial charge in [-0.25, -0.2) is 4.98 Å². The molecule has 3 heterocycles. The molecular formula is C21H29N7S. The van der Waals surface area contributed by atoms with Crippen LogP contribution >= 0.6 is 11.5 Å². The van der Waals surface area contributed by atoms with Crippen molar-refractivity contribution in [2.24, 2.45) is 4.99 Å². The molecule has 0 radical (unpaired) electrons. The lowest BCUT2D eigenvalue weighted by molar-refractivity contribution is 0.372. The van der Waals surface area contributed by atoms with E-state index < -0.39 is 0 Å². The van der Waals surface area contributed by atoms with Crippen LogP contribution in [0.15, 0.2) is 29.3 Å². The first kappa shape index (κ1) is 19.7. The molecule has 1 fully saturated rings. The van der Waals surface area contributed by atoms with E-state index >= 15 is 0 Å². The summed E-state index contributed by atoms with van der Waals surface area (Å²) in [6.07, 6.45) is 1.86. The third-order valence-electron chi connectivity index (χ3n) is 5.52. The molecule has 8 heteroatoms. The third-order valence-corrected chi connectivity index (χ3v) is 6.34. The van der Waals surface area contributed by atoms with Gasteiger partial charge in [0.1, 0.15) is 5.82 Å². The number of nitrogens with one attached hydrogen (secondary N) is 2. The standard InChI is InChI=1S/C21H29N7S/c1-4-19-25-21(29-26-19)28-13-11-27(12-14-28)20(22-3)23-10-9-16-15(2)24-18-8-6-5-7-17(16)18/h5-8,24H,4,9-14H2,1-3H3,(H,22,23). The minimum Gasteiger partial charge on any atom is -0.358 e. The first-order chi connectivity index (χ1) is 14.2. The summed E-state index contributed by atoms with van der Waals surface area (Å²) in [7, 11) is 1.87. The normalized spacial score (nSPS) is 15.3.